The third kappa shape index (κ3) is 8.19. The zero-order chi connectivity index (χ0) is 24.0. The van der Waals surface area contributed by atoms with E-state index in [1.54, 1.807) is 0 Å². The number of ether oxygens (including phenoxy) is 1. The van der Waals surface area contributed by atoms with Gasteiger partial charge in [0.2, 0.25) is 0 Å². The van der Waals surface area contributed by atoms with Gasteiger partial charge < -0.3 is 9.84 Å². The Morgan fingerprint density at radius 2 is 1.35 bits per heavy atom. The minimum Gasteiger partial charge on any atom is -0.479 e. The average Bonchev–Trinajstić information content (AvgIpc) is 2.87. The number of aliphatic carboxylic acids is 1. The van der Waals surface area contributed by atoms with E-state index in [1.807, 2.05) is 66.7 Å². The van der Waals surface area contributed by atoms with Crippen LogP contribution >= 0.6 is 0 Å². The maximum atomic E-state index is 12.4. The first kappa shape index (κ1) is 25.2. The Labute approximate surface area is 203 Å². The third-order valence-electron chi connectivity index (χ3n) is 5.56. The maximum Gasteiger partial charge on any atom is 0.335 e. The molecule has 0 spiro atoms. The van der Waals surface area contributed by atoms with E-state index in [-0.39, 0.29) is 6.61 Å². The smallest absolute Gasteiger partial charge is 0.335 e. The van der Waals surface area contributed by atoms with Gasteiger partial charge in [0.15, 0.2) is 6.10 Å². The summed E-state index contributed by atoms with van der Waals surface area (Å²) in [5, 5.41) is 10.2. The standard InChI is InChI=1S/C30H33NO3/c1-2-3-4-14-21-28(29(30(32)33)34-24-27-19-12-7-13-20-27)31(22-25-15-8-5-9-16-25)23-26-17-10-6-11-18-26/h5-13,15-20,28-29H,2-4,22-24H2,1H3,(H,32,33)/t28-,29+/m1/s1. The molecule has 34 heavy (non-hydrogen) atoms. The molecule has 0 bridgehead atoms. The zero-order valence-corrected chi connectivity index (χ0v) is 19.8. The van der Waals surface area contributed by atoms with E-state index in [0.29, 0.717) is 13.1 Å². The Hall–Kier alpha value is -3.39. The molecule has 2 atom stereocenters. The molecule has 0 aliphatic rings. The summed E-state index contributed by atoms with van der Waals surface area (Å²) in [7, 11) is 0. The van der Waals surface area contributed by atoms with Crippen LogP contribution in [0.2, 0.25) is 0 Å². The van der Waals surface area contributed by atoms with Gasteiger partial charge in [-0.05, 0) is 23.1 Å². The molecular weight excluding hydrogens is 422 g/mol. The maximum absolute atomic E-state index is 12.4. The summed E-state index contributed by atoms with van der Waals surface area (Å²) >= 11 is 0. The lowest BCUT2D eigenvalue weighted by molar-refractivity contribution is -0.155. The number of carbonyl (C=O) groups is 1. The summed E-state index contributed by atoms with van der Waals surface area (Å²) in [6.07, 6.45) is 1.69. The van der Waals surface area contributed by atoms with Gasteiger partial charge in [-0.3, -0.25) is 4.90 Å². The molecule has 3 aromatic carbocycles. The highest BCUT2D eigenvalue weighted by Crippen LogP contribution is 2.19. The van der Waals surface area contributed by atoms with Crippen LogP contribution in [0, 0.1) is 11.8 Å². The van der Waals surface area contributed by atoms with Crippen LogP contribution < -0.4 is 0 Å². The van der Waals surface area contributed by atoms with E-state index in [1.165, 1.54) is 0 Å². The molecule has 0 aliphatic heterocycles. The van der Waals surface area contributed by atoms with E-state index in [2.05, 4.69) is 47.9 Å². The fourth-order valence-corrected chi connectivity index (χ4v) is 3.75. The van der Waals surface area contributed by atoms with E-state index in [9.17, 15) is 9.90 Å². The van der Waals surface area contributed by atoms with Crippen molar-refractivity contribution in [1.82, 2.24) is 4.90 Å². The molecule has 0 unspecified atom stereocenters. The van der Waals surface area contributed by atoms with Gasteiger partial charge in [-0.2, -0.15) is 0 Å². The van der Waals surface area contributed by atoms with Gasteiger partial charge in [-0.15, -0.1) is 5.92 Å². The summed E-state index contributed by atoms with van der Waals surface area (Å²) in [4.78, 5) is 14.6. The lowest BCUT2D eigenvalue weighted by Crippen LogP contribution is -2.47. The molecule has 0 aromatic heterocycles. The van der Waals surface area contributed by atoms with E-state index in [0.717, 1.165) is 36.0 Å². The molecule has 3 rings (SSSR count). The van der Waals surface area contributed by atoms with E-state index < -0.39 is 18.1 Å². The number of rotatable bonds is 12. The lowest BCUT2D eigenvalue weighted by Gasteiger charge is -2.32. The molecule has 1 N–H and O–H groups in total. The van der Waals surface area contributed by atoms with Crippen LogP contribution in [0.3, 0.4) is 0 Å². The molecule has 0 aliphatic carbocycles. The van der Waals surface area contributed by atoms with Gasteiger partial charge in [0, 0.05) is 19.5 Å². The number of unbranched alkanes of at least 4 members (excludes halogenated alkanes) is 2. The van der Waals surface area contributed by atoms with Crippen LogP contribution in [0.5, 0.6) is 0 Å². The molecule has 0 radical (unpaired) electrons. The van der Waals surface area contributed by atoms with E-state index >= 15 is 0 Å². The minimum absolute atomic E-state index is 0.218. The minimum atomic E-state index is -1.08. The summed E-state index contributed by atoms with van der Waals surface area (Å²) < 4.78 is 6.02. The fourth-order valence-electron chi connectivity index (χ4n) is 3.75. The predicted octanol–water partition coefficient (Wildman–Crippen LogP) is 5.92. The van der Waals surface area contributed by atoms with Crippen LogP contribution in [-0.4, -0.2) is 28.1 Å². The second-order valence-corrected chi connectivity index (χ2v) is 8.30. The normalized spacial score (nSPS) is 12.5. The molecule has 0 heterocycles. The second kappa shape index (κ2) is 14.0. The third-order valence-corrected chi connectivity index (χ3v) is 5.56. The Morgan fingerprint density at radius 1 is 0.853 bits per heavy atom. The topological polar surface area (TPSA) is 49.8 Å². The predicted molar refractivity (Wildman–Crippen MR) is 136 cm³/mol. The zero-order valence-electron chi connectivity index (χ0n) is 19.8. The van der Waals surface area contributed by atoms with Crippen LogP contribution in [0.4, 0.5) is 0 Å². The van der Waals surface area contributed by atoms with Gasteiger partial charge in [0.1, 0.15) is 6.04 Å². The average molecular weight is 456 g/mol. The summed E-state index contributed by atoms with van der Waals surface area (Å²) in [6, 6.07) is 29.2. The second-order valence-electron chi connectivity index (χ2n) is 8.30. The number of hydrogen-bond donors (Lipinski definition) is 1. The molecule has 176 valence electrons. The monoisotopic (exact) mass is 455 g/mol. The first-order chi connectivity index (χ1) is 16.7. The van der Waals surface area contributed by atoms with Crippen molar-refractivity contribution < 1.29 is 14.6 Å². The lowest BCUT2D eigenvalue weighted by atomic mass is 10.0. The van der Waals surface area contributed by atoms with Crippen LogP contribution in [0.25, 0.3) is 0 Å². The van der Waals surface area contributed by atoms with Crippen molar-refractivity contribution in [1.29, 1.82) is 0 Å². The number of nitrogens with zero attached hydrogens (tertiary/aromatic N) is 1. The van der Waals surface area contributed by atoms with Gasteiger partial charge in [-0.1, -0.05) is 110 Å². The highest BCUT2D eigenvalue weighted by Gasteiger charge is 2.33. The first-order valence-corrected chi connectivity index (χ1v) is 11.9. The fraction of sp³-hybridized carbons (Fsp3) is 0.300. The highest BCUT2D eigenvalue weighted by atomic mass is 16.5. The molecule has 4 nitrogen and oxygen atoms in total. The van der Waals surface area contributed by atoms with Gasteiger partial charge >= 0.3 is 5.97 Å². The van der Waals surface area contributed by atoms with E-state index in [4.69, 9.17) is 4.74 Å². The van der Waals surface area contributed by atoms with Crippen molar-refractivity contribution in [2.75, 3.05) is 0 Å². The Morgan fingerprint density at radius 3 is 1.82 bits per heavy atom. The van der Waals surface area contributed by atoms with Crippen molar-refractivity contribution in [2.24, 2.45) is 0 Å². The molecule has 0 fully saturated rings. The highest BCUT2D eigenvalue weighted by molar-refractivity contribution is 5.74. The number of benzene rings is 3. The molecule has 4 heteroatoms. The molecule has 0 amide bonds. The molecule has 0 saturated heterocycles. The van der Waals surface area contributed by atoms with Crippen molar-refractivity contribution in [3.8, 4) is 11.8 Å². The van der Waals surface area contributed by atoms with Crippen LogP contribution in [0.1, 0.15) is 42.9 Å². The van der Waals surface area contributed by atoms with Crippen molar-refractivity contribution in [2.45, 2.75) is 58.0 Å². The molecule has 0 saturated carbocycles. The molecular formula is C30H33NO3. The molecule has 3 aromatic rings. The van der Waals surface area contributed by atoms with Crippen LogP contribution in [0.15, 0.2) is 91.0 Å². The summed E-state index contributed by atoms with van der Waals surface area (Å²) in [6.45, 7) is 3.48. The Balaban J connectivity index is 1.93. The van der Waals surface area contributed by atoms with Crippen LogP contribution in [-0.2, 0) is 29.2 Å². The largest absolute Gasteiger partial charge is 0.479 e. The Bertz CT molecular complexity index is 1000. The summed E-state index contributed by atoms with van der Waals surface area (Å²) in [5.74, 6) is 5.52. The van der Waals surface area contributed by atoms with Crippen molar-refractivity contribution in [3.05, 3.63) is 108 Å². The van der Waals surface area contributed by atoms with Crippen molar-refractivity contribution in [3.63, 3.8) is 0 Å². The quantitative estimate of drug-likeness (QED) is 0.272. The number of carboxylic acids is 1. The first-order valence-electron chi connectivity index (χ1n) is 11.9. The van der Waals surface area contributed by atoms with Gasteiger partial charge in [0.05, 0.1) is 6.61 Å². The SMILES string of the molecule is CCCCC#C[C@H]([C@H](OCc1ccccc1)C(=O)O)N(Cc1ccccc1)Cc1ccccc1. The van der Waals surface area contributed by atoms with Crippen molar-refractivity contribution >= 4 is 5.97 Å². The summed E-state index contributed by atoms with van der Waals surface area (Å²) in [5.41, 5.74) is 3.14. The number of hydrogen-bond acceptors (Lipinski definition) is 3. The van der Waals surface area contributed by atoms with Gasteiger partial charge in [0.25, 0.3) is 0 Å². The Kier molecular flexibility index (Phi) is 10.4. The number of carboxylic acid groups (broad SMARTS) is 1. The van der Waals surface area contributed by atoms with Gasteiger partial charge in [-0.25, -0.2) is 4.79 Å².